The Kier molecular flexibility index (Phi) is 2.90. The molecule has 3 heterocycles. The van der Waals surface area contributed by atoms with Crippen molar-refractivity contribution in [3.8, 4) is 0 Å². The van der Waals surface area contributed by atoms with Crippen LogP contribution in [0, 0.1) is 0 Å². The number of aromatic nitrogens is 1. The molecular weight excluding hydrogens is 352 g/mol. The number of piperidine rings is 1. The Morgan fingerprint density at radius 2 is 2.10 bits per heavy atom. The number of benzene rings is 1. The molecule has 1 fully saturated rings. The number of hydrogen-bond acceptors (Lipinski definition) is 3. The van der Waals surface area contributed by atoms with E-state index >= 15 is 0 Å². The molecule has 1 unspecified atom stereocenters. The first-order valence-corrected chi connectivity index (χ1v) is 8.33. The number of thiophene rings is 1. The predicted molar refractivity (Wildman–Crippen MR) is 86.4 cm³/mol. The second kappa shape index (κ2) is 4.68. The molecule has 106 valence electrons. The highest BCUT2D eigenvalue weighted by Crippen LogP contribution is 2.41. The Hall–Kier alpha value is -1.66. The molecule has 6 heteroatoms. The van der Waals surface area contributed by atoms with Crippen molar-refractivity contribution < 1.29 is 9.59 Å². The maximum absolute atomic E-state index is 12.2. The lowest BCUT2D eigenvalue weighted by Crippen LogP contribution is -2.41. The van der Waals surface area contributed by atoms with E-state index < -0.39 is 0 Å². The number of fused-ring (bicyclic) bond motifs is 3. The molecule has 0 radical (unpaired) electrons. The van der Waals surface area contributed by atoms with E-state index in [2.05, 4.69) is 31.9 Å². The summed E-state index contributed by atoms with van der Waals surface area (Å²) in [4.78, 5) is 24.7. The first kappa shape index (κ1) is 13.0. The summed E-state index contributed by atoms with van der Waals surface area (Å²) in [5, 5.41) is 6.76. The van der Waals surface area contributed by atoms with Crippen molar-refractivity contribution in [3.05, 3.63) is 34.1 Å². The fourth-order valence-electron chi connectivity index (χ4n) is 2.99. The van der Waals surface area contributed by atoms with Gasteiger partial charge in [0.25, 0.3) is 0 Å². The van der Waals surface area contributed by atoms with Crippen LogP contribution < -0.4 is 5.32 Å². The number of nitrogens with one attached hydrogen (secondary N) is 1. The van der Waals surface area contributed by atoms with Crippen LogP contribution in [0.5, 0.6) is 0 Å². The van der Waals surface area contributed by atoms with Gasteiger partial charge in [0, 0.05) is 27.0 Å². The van der Waals surface area contributed by atoms with Crippen LogP contribution in [0.3, 0.4) is 0 Å². The number of para-hydroxylation sites is 1. The van der Waals surface area contributed by atoms with Crippen LogP contribution in [0.4, 0.5) is 0 Å². The van der Waals surface area contributed by atoms with Gasteiger partial charge in [0.15, 0.2) is 0 Å². The molecule has 0 saturated carbocycles. The van der Waals surface area contributed by atoms with Gasteiger partial charge in [-0.1, -0.05) is 18.2 Å². The Bertz CT molecular complexity index is 896. The van der Waals surface area contributed by atoms with Crippen LogP contribution >= 0.6 is 27.3 Å². The fraction of sp³-hybridized carbons (Fsp3) is 0.200. The molecule has 1 aromatic carbocycles. The number of rotatable bonds is 1. The average molecular weight is 363 g/mol. The second-order valence-electron chi connectivity index (χ2n) is 5.12. The molecule has 1 N–H and O–H groups in total. The van der Waals surface area contributed by atoms with Gasteiger partial charge in [0.2, 0.25) is 11.8 Å². The number of halogens is 1. The standard InChI is InChI=1S/C15H11BrN2O2S/c16-9-7-21-15-13(9)8-3-1-2-4-10(8)18(15)11-5-6-12(19)17-14(11)20/h1-4,7,11H,5-6H2,(H,17,19,20). The van der Waals surface area contributed by atoms with E-state index in [4.69, 9.17) is 0 Å². The number of nitrogens with zero attached hydrogens (tertiary/aromatic N) is 1. The summed E-state index contributed by atoms with van der Waals surface area (Å²) in [7, 11) is 0. The van der Waals surface area contributed by atoms with Gasteiger partial charge in [0.1, 0.15) is 10.9 Å². The summed E-state index contributed by atoms with van der Waals surface area (Å²) in [6.07, 6.45) is 0.935. The molecule has 1 aliphatic rings. The van der Waals surface area contributed by atoms with Crippen LogP contribution in [-0.2, 0) is 9.59 Å². The van der Waals surface area contributed by atoms with E-state index in [0.29, 0.717) is 12.8 Å². The zero-order chi connectivity index (χ0) is 14.6. The van der Waals surface area contributed by atoms with E-state index in [1.54, 1.807) is 11.3 Å². The van der Waals surface area contributed by atoms with Gasteiger partial charge < -0.3 is 4.57 Å². The topological polar surface area (TPSA) is 51.1 Å². The fourth-order valence-corrected chi connectivity index (χ4v) is 4.81. The van der Waals surface area contributed by atoms with E-state index in [-0.39, 0.29) is 17.9 Å². The van der Waals surface area contributed by atoms with Gasteiger partial charge in [0.05, 0.1) is 5.52 Å². The number of carbonyl (C=O) groups is 2. The third kappa shape index (κ3) is 1.86. The second-order valence-corrected chi connectivity index (χ2v) is 6.83. The van der Waals surface area contributed by atoms with Crippen molar-refractivity contribution in [1.82, 2.24) is 9.88 Å². The largest absolute Gasteiger partial charge is 0.320 e. The maximum atomic E-state index is 12.2. The van der Waals surface area contributed by atoms with E-state index in [1.807, 2.05) is 23.6 Å². The molecule has 21 heavy (non-hydrogen) atoms. The average Bonchev–Trinajstić information content (AvgIpc) is 2.98. The van der Waals surface area contributed by atoms with Gasteiger partial charge in [-0.2, -0.15) is 0 Å². The van der Waals surface area contributed by atoms with Crippen molar-refractivity contribution >= 4 is 60.2 Å². The molecule has 0 spiro atoms. The quantitative estimate of drug-likeness (QED) is 0.672. The number of carbonyl (C=O) groups excluding carboxylic acids is 2. The number of hydrogen-bond donors (Lipinski definition) is 1. The first-order chi connectivity index (χ1) is 10.2. The van der Waals surface area contributed by atoms with Crippen LogP contribution in [0.25, 0.3) is 21.1 Å². The molecule has 1 saturated heterocycles. The number of imide groups is 1. The molecule has 4 rings (SSSR count). The first-order valence-electron chi connectivity index (χ1n) is 6.66. The monoisotopic (exact) mass is 362 g/mol. The van der Waals surface area contributed by atoms with E-state index in [9.17, 15) is 9.59 Å². The molecule has 2 amide bonds. The van der Waals surface area contributed by atoms with Crippen molar-refractivity contribution in [2.75, 3.05) is 0 Å². The lowest BCUT2D eigenvalue weighted by molar-refractivity contribution is -0.135. The molecule has 0 aliphatic carbocycles. The molecule has 0 bridgehead atoms. The van der Waals surface area contributed by atoms with Crippen molar-refractivity contribution in [1.29, 1.82) is 0 Å². The van der Waals surface area contributed by atoms with Gasteiger partial charge in [-0.25, -0.2) is 0 Å². The van der Waals surface area contributed by atoms with Crippen LogP contribution in [0.15, 0.2) is 34.1 Å². The molecule has 1 atom stereocenters. The van der Waals surface area contributed by atoms with Crippen molar-refractivity contribution in [2.45, 2.75) is 18.9 Å². The highest BCUT2D eigenvalue weighted by Gasteiger charge is 2.31. The Balaban J connectivity index is 2.02. The molecule has 3 aromatic rings. The summed E-state index contributed by atoms with van der Waals surface area (Å²) in [5.41, 5.74) is 1.04. The minimum Gasteiger partial charge on any atom is -0.320 e. The summed E-state index contributed by atoms with van der Waals surface area (Å²) >= 11 is 5.21. The predicted octanol–water partition coefficient (Wildman–Crippen LogP) is 3.60. The lowest BCUT2D eigenvalue weighted by Gasteiger charge is -2.23. The maximum Gasteiger partial charge on any atom is 0.249 e. The molecule has 1 aliphatic heterocycles. The third-order valence-electron chi connectivity index (χ3n) is 3.90. The minimum absolute atomic E-state index is 0.184. The number of amides is 2. The Morgan fingerprint density at radius 3 is 2.90 bits per heavy atom. The highest BCUT2D eigenvalue weighted by atomic mass is 79.9. The van der Waals surface area contributed by atoms with Gasteiger partial charge in [-0.3, -0.25) is 14.9 Å². The normalized spacial score (nSPS) is 19.4. The summed E-state index contributed by atoms with van der Waals surface area (Å²) < 4.78 is 3.12. The minimum atomic E-state index is -0.323. The van der Waals surface area contributed by atoms with Gasteiger partial charge in [-0.05, 0) is 28.4 Å². The third-order valence-corrected chi connectivity index (χ3v) is 5.81. The van der Waals surface area contributed by atoms with E-state index in [1.165, 1.54) is 0 Å². The van der Waals surface area contributed by atoms with Crippen LogP contribution in [0.1, 0.15) is 18.9 Å². The van der Waals surface area contributed by atoms with Crippen LogP contribution in [-0.4, -0.2) is 16.4 Å². The summed E-state index contributed by atoms with van der Waals surface area (Å²) in [6, 6.07) is 7.74. The Morgan fingerprint density at radius 1 is 1.29 bits per heavy atom. The SMILES string of the molecule is O=C1CCC(n2c3ccccc3c3c(Br)csc32)C(=O)N1. The van der Waals surface area contributed by atoms with E-state index in [0.717, 1.165) is 25.6 Å². The van der Waals surface area contributed by atoms with Crippen LogP contribution in [0.2, 0.25) is 0 Å². The molecular formula is C15H11BrN2O2S. The van der Waals surface area contributed by atoms with Gasteiger partial charge >= 0.3 is 0 Å². The van der Waals surface area contributed by atoms with Crippen molar-refractivity contribution in [2.24, 2.45) is 0 Å². The zero-order valence-corrected chi connectivity index (χ0v) is 13.3. The van der Waals surface area contributed by atoms with Gasteiger partial charge in [-0.15, -0.1) is 11.3 Å². The molecule has 4 nitrogen and oxygen atoms in total. The lowest BCUT2D eigenvalue weighted by atomic mass is 10.1. The zero-order valence-electron chi connectivity index (χ0n) is 10.9. The highest BCUT2D eigenvalue weighted by molar-refractivity contribution is 9.10. The van der Waals surface area contributed by atoms with Crippen molar-refractivity contribution in [3.63, 3.8) is 0 Å². The molecule has 2 aromatic heterocycles. The summed E-state index contributed by atoms with van der Waals surface area (Å²) in [6.45, 7) is 0. The summed E-state index contributed by atoms with van der Waals surface area (Å²) in [5.74, 6) is -0.394. The Labute approximate surface area is 132 Å². The smallest absolute Gasteiger partial charge is 0.249 e.